The van der Waals surface area contributed by atoms with Crippen LogP contribution in [0.1, 0.15) is 10.4 Å². The molecule has 0 atom stereocenters. The number of nitrogens with one attached hydrogen (secondary N) is 2. The van der Waals surface area contributed by atoms with Crippen molar-refractivity contribution >= 4 is 40.1 Å². The van der Waals surface area contributed by atoms with Gasteiger partial charge in [-0.1, -0.05) is 23.7 Å². The van der Waals surface area contributed by atoms with Crippen molar-refractivity contribution in [3.63, 3.8) is 0 Å². The summed E-state index contributed by atoms with van der Waals surface area (Å²) in [5.74, 6) is -0.731. The van der Waals surface area contributed by atoms with Crippen molar-refractivity contribution in [3.8, 4) is 0 Å². The first-order chi connectivity index (χ1) is 12.4. The second-order valence-corrected chi connectivity index (χ2v) is 6.15. The maximum absolute atomic E-state index is 12.4. The highest BCUT2D eigenvalue weighted by molar-refractivity contribution is 6.34. The fourth-order valence-corrected chi connectivity index (χ4v) is 2.98. The molecule has 0 saturated heterocycles. The molecule has 1 aromatic heterocycles. The molecule has 7 nitrogen and oxygen atoms in total. The Morgan fingerprint density at radius 1 is 1.12 bits per heavy atom. The quantitative estimate of drug-likeness (QED) is 0.734. The zero-order chi connectivity index (χ0) is 18.8. The molecule has 0 unspecified atom stereocenters. The van der Waals surface area contributed by atoms with Crippen LogP contribution < -0.4 is 16.3 Å². The third-order valence-corrected chi connectivity index (χ3v) is 4.40. The van der Waals surface area contributed by atoms with Gasteiger partial charge in [0.2, 0.25) is 5.91 Å². The lowest BCUT2D eigenvalue weighted by Crippen LogP contribution is -2.28. The van der Waals surface area contributed by atoms with Gasteiger partial charge in [0.1, 0.15) is 6.54 Å². The van der Waals surface area contributed by atoms with Crippen molar-refractivity contribution in [1.29, 1.82) is 0 Å². The topological polar surface area (TPSA) is 85.1 Å². The normalized spacial score (nSPS) is 10.7. The van der Waals surface area contributed by atoms with Gasteiger partial charge in [0.25, 0.3) is 5.91 Å². The van der Waals surface area contributed by atoms with Crippen molar-refractivity contribution in [2.24, 2.45) is 7.05 Å². The van der Waals surface area contributed by atoms with E-state index in [9.17, 15) is 14.4 Å². The van der Waals surface area contributed by atoms with Gasteiger partial charge in [-0.15, -0.1) is 0 Å². The monoisotopic (exact) mass is 372 g/mol. The van der Waals surface area contributed by atoms with Gasteiger partial charge < -0.3 is 10.6 Å². The Hall–Kier alpha value is -3.06. The van der Waals surface area contributed by atoms with Gasteiger partial charge in [-0.25, -0.2) is 4.79 Å². The first-order valence-electron chi connectivity index (χ1n) is 7.88. The molecule has 2 amide bonds. The van der Waals surface area contributed by atoms with Crippen molar-refractivity contribution < 1.29 is 9.59 Å². The van der Waals surface area contributed by atoms with E-state index in [1.54, 1.807) is 19.2 Å². The van der Waals surface area contributed by atoms with Gasteiger partial charge in [0, 0.05) is 19.8 Å². The van der Waals surface area contributed by atoms with Gasteiger partial charge >= 0.3 is 5.69 Å². The number of imidazole rings is 1. The number of anilines is 1. The number of hydrogen-bond donors (Lipinski definition) is 2. The van der Waals surface area contributed by atoms with Gasteiger partial charge in [0.15, 0.2) is 0 Å². The summed E-state index contributed by atoms with van der Waals surface area (Å²) in [6.07, 6.45) is 0. The molecule has 26 heavy (non-hydrogen) atoms. The zero-order valence-electron chi connectivity index (χ0n) is 14.2. The lowest BCUT2D eigenvalue weighted by atomic mass is 10.2. The molecule has 8 heteroatoms. The van der Waals surface area contributed by atoms with E-state index in [1.807, 2.05) is 18.2 Å². The molecule has 1 heterocycles. The number of fused-ring (bicyclic) bond motifs is 1. The van der Waals surface area contributed by atoms with Crippen LogP contribution in [0.25, 0.3) is 11.0 Å². The minimum Gasteiger partial charge on any atom is -0.355 e. The predicted molar refractivity (Wildman–Crippen MR) is 101 cm³/mol. The average Bonchev–Trinajstić information content (AvgIpc) is 2.88. The van der Waals surface area contributed by atoms with Crippen molar-refractivity contribution in [2.75, 3.05) is 12.4 Å². The summed E-state index contributed by atoms with van der Waals surface area (Å²) in [4.78, 5) is 36.6. The standard InChI is InChI=1S/C18H17ClN4O3/c1-20-17(25)12-9-11(7-8-13(12)19)21-16(24)10-23-15-6-4-3-5-14(15)22(2)18(23)26/h3-9H,10H2,1-2H3,(H,20,25)(H,21,24). The Morgan fingerprint density at radius 2 is 1.81 bits per heavy atom. The van der Waals surface area contributed by atoms with E-state index in [4.69, 9.17) is 11.6 Å². The SMILES string of the molecule is CNC(=O)c1cc(NC(=O)Cn2c(=O)n(C)c3ccccc32)ccc1Cl. The molecule has 0 aliphatic carbocycles. The Bertz CT molecular complexity index is 1070. The fourth-order valence-electron chi connectivity index (χ4n) is 2.77. The second-order valence-electron chi connectivity index (χ2n) is 5.74. The number of carbonyl (C=O) groups excluding carboxylic acids is 2. The second kappa shape index (κ2) is 7.05. The van der Waals surface area contributed by atoms with Gasteiger partial charge in [-0.3, -0.25) is 18.7 Å². The number of nitrogens with zero attached hydrogens (tertiary/aromatic N) is 2. The summed E-state index contributed by atoms with van der Waals surface area (Å²) in [5, 5.41) is 5.46. The molecule has 3 aromatic rings. The van der Waals surface area contributed by atoms with Crippen LogP contribution in [0.3, 0.4) is 0 Å². The predicted octanol–water partition coefficient (Wildman–Crippen LogP) is 1.99. The average molecular weight is 373 g/mol. The Morgan fingerprint density at radius 3 is 2.50 bits per heavy atom. The van der Waals surface area contributed by atoms with E-state index in [2.05, 4.69) is 10.6 Å². The van der Waals surface area contributed by atoms with E-state index >= 15 is 0 Å². The first-order valence-corrected chi connectivity index (χ1v) is 8.26. The molecule has 2 N–H and O–H groups in total. The highest BCUT2D eigenvalue weighted by Crippen LogP contribution is 2.20. The molecular formula is C18H17ClN4O3. The molecule has 0 bridgehead atoms. The molecule has 0 spiro atoms. The Labute approximate surface area is 154 Å². The fraction of sp³-hybridized carbons (Fsp3) is 0.167. The van der Waals surface area contributed by atoms with Gasteiger partial charge in [-0.2, -0.15) is 0 Å². The van der Waals surface area contributed by atoms with Crippen molar-refractivity contribution in [2.45, 2.75) is 6.54 Å². The lowest BCUT2D eigenvalue weighted by molar-refractivity contribution is -0.116. The van der Waals surface area contributed by atoms with Crippen molar-refractivity contribution in [3.05, 3.63) is 63.5 Å². The van der Waals surface area contributed by atoms with Crippen molar-refractivity contribution in [1.82, 2.24) is 14.5 Å². The van der Waals surface area contributed by atoms with Crippen LogP contribution >= 0.6 is 11.6 Å². The molecule has 134 valence electrons. The minimum atomic E-state index is -0.381. The summed E-state index contributed by atoms with van der Waals surface area (Å²) in [7, 11) is 3.16. The molecule has 0 radical (unpaired) electrons. The highest BCUT2D eigenvalue weighted by Gasteiger charge is 2.15. The van der Waals surface area contributed by atoms with E-state index in [0.29, 0.717) is 11.2 Å². The number of rotatable bonds is 4. The number of halogens is 1. The van der Waals surface area contributed by atoms with Crippen LogP contribution in [0.5, 0.6) is 0 Å². The van der Waals surface area contributed by atoms with E-state index in [1.165, 1.54) is 28.3 Å². The number of hydrogen-bond acceptors (Lipinski definition) is 3. The Balaban J connectivity index is 1.86. The number of amides is 2. The van der Waals surface area contributed by atoms with Gasteiger partial charge in [-0.05, 0) is 30.3 Å². The molecule has 3 rings (SSSR count). The number of benzene rings is 2. The zero-order valence-corrected chi connectivity index (χ0v) is 15.0. The minimum absolute atomic E-state index is 0.141. The molecule has 0 aliphatic rings. The summed E-state index contributed by atoms with van der Waals surface area (Å²) in [5.41, 5.74) is 1.83. The summed E-state index contributed by atoms with van der Waals surface area (Å²) >= 11 is 6.00. The number of carbonyl (C=O) groups is 2. The lowest BCUT2D eigenvalue weighted by Gasteiger charge is -2.09. The van der Waals surface area contributed by atoms with E-state index in [0.717, 1.165) is 5.52 Å². The molecule has 0 fully saturated rings. The maximum atomic E-state index is 12.4. The molecule has 0 saturated carbocycles. The smallest absolute Gasteiger partial charge is 0.329 e. The van der Waals surface area contributed by atoms with Crippen LogP contribution in [0, 0.1) is 0 Å². The molecule has 0 aliphatic heterocycles. The number of aryl methyl sites for hydroxylation is 1. The third-order valence-electron chi connectivity index (χ3n) is 4.08. The molecular weight excluding hydrogens is 356 g/mol. The van der Waals surface area contributed by atoms with Crippen LogP contribution in [0.2, 0.25) is 5.02 Å². The summed E-state index contributed by atoms with van der Waals surface area (Å²) < 4.78 is 2.90. The van der Waals surface area contributed by atoms with E-state index in [-0.39, 0.29) is 34.6 Å². The van der Waals surface area contributed by atoms with Crippen LogP contribution in [0.4, 0.5) is 5.69 Å². The van der Waals surface area contributed by atoms with Gasteiger partial charge in [0.05, 0.1) is 21.6 Å². The maximum Gasteiger partial charge on any atom is 0.329 e. The van der Waals surface area contributed by atoms with Crippen LogP contribution in [-0.2, 0) is 18.4 Å². The van der Waals surface area contributed by atoms with Crippen LogP contribution in [0.15, 0.2) is 47.3 Å². The van der Waals surface area contributed by atoms with Crippen LogP contribution in [-0.4, -0.2) is 28.0 Å². The Kier molecular flexibility index (Phi) is 4.81. The largest absolute Gasteiger partial charge is 0.355 e. The summed E-state index contributed by atoms with van der Waals surface area (Å²) in [6, 6.07) is 11.9. The third kappa shape index (κ3) is 3.21. The number of aromatic nitrogens is 2. The first kappa shape index (κ1) is 17.8. The summed E-state index contributed by atoms with van der Waals surface area (Å²) in [6.45, 7) is -0.141. The van der Waals surface area contributed by atoms with E-state index < -0.39 is 0 Å². The number of para-hydroxylation sites is 2. The highest BCUT2D eigenvalue weighted by atomic mass is 35.5. The molecule has 2 aromatic carbocycles.